The monoisotopic (exact) mass is 527 g/mol. The molecule has 4 aromatic rings. The molecule has 37 heavy (non-hydrogen) atoms. The third-order valence-electron chi connectivity index (χ3n) is 6.35. The molecule has 0 spiro atoms. The number of amides is 1. The topological polar surface area (TPSA) is 71.8 Å². The van der Waals surface area contributed by atoms with E-state index in [1.807, 2.05) is 42.8 Å². The molecule has 5 rings (SSSR count). The average molecular weight is 528 g/mol. The number of nitrogens with zero attached hydrogens (tertiary/aromatic N) is 3. The van der Waals surface area contributed by atoms with Crippen LogP contribution in [0.4, 0.5) is 11.6 Å². The van der Waals surface area contributed by atoms with E-state index >= 15 is 0 Å². The van der Waals surface area contributed by atoms with Crippen molar-refractivity contribution in [2.75, 3.05) is 16.9 Å². The zero-order chi connectivity index (χ0) is 25.9. The van der Waals surface area contributed by atoms with E-state index in [-0.39, 0.29) is 5.91 Å². The Morgan fingerprint density at radius 3 is 2.54 bits per heavy atom. The molecular formula is C29H29N5OS2. The van der Waals surface area contributed by atoms with E-state index in [0.29, 0.717) is 16.7 Å². The molecule has 6 nitrogen and oxygen atoms in total. The summed E-state index contributed by atoms with van der Waals surface area (Å²) in [6.07, 6.45) is 2.05. The molecule has 1 atom stereocenters. The van der Waals surface area contributed by atoms with E-state index in [0.717, 1.165) is 33.2 Å². The quantitative estimate of drug-likeness (QED) is 0.257. The number of allylic oxidation sites excluding steroid dienone is 1. The summed E-state index contributed by atoms with van der Waals surface area (Å²) in [6, 6.07) is 24.2. The van der Waals surface area contributed by atoms with Gasteiger partial charge < -0.3 is 10.6 Å². The first-order valence-electron chi connectivity index (χ1n) is 12.1. The molecule has 1 aromatic heterocycles. The van der Waals surface area contributed by atoms with Gasteiger partial charge in [0.1, 0.15) is 6.04 Å². The van der Waals surface area contributed by atoms with Gasteiger partial charge in [-0.3, -0.25) is 4.79 Å². The Kier molecular flexibility index (Phi) is 7.39. The molecule has 1 amide bonds. The van der Waals surface area contributed by atoms with E-state index in [4.69, 9.17) is 10.1 Å². The molecular weight excluding hydrogens is 498 g/mol. The van der Waals surface area contributed by atoms with Gasteiger partial charge in [0.15, 0.2) is 0 Å². The first kappa shape index (κ1) is 25.2. The standard InChI is InChI=1S/C29H29N5OS2/c1-18-8-7-10-21(16-18)17-37-29-32-28-30-20(3)25(27(35)31-24-11-6-5-9-19(24)2)26(34(28)33-29)22-12-14-23(36-4)15-13-22/h5-16,26H,17H2,1-4H3,(H,31,35)(H,30,32,33). The second-order valence-electron chi connectivity index (χ2n) is 9.05. The zero-order valence-electron chi connectivity index (χ0n) is 21.3. The predicted octanol–water partition coefficient (Wildman–Crippen LogP) is 6.84. The van der Waals surface area contributed by atoms with Gasteiger partial charge in [-0.15, -0.1) is 16.9 Å². The van der Waals surface area contributed by atoms with E-state index in [1.165, 1.54) is 11.1 Å². The molecule has 188 valence electrons. The maximum absolute atomic E-state index is 13.7. The highest BCUT2D eigenvalue weighted by atomic mass is 32.2. The summed E-state index contributed by atoms with van der Waals surface area (Å²) >= 11 is 3.28. The number of para-hydroxylation sites is 1. The van der Waals surface area contributed by atoms with Crippen molar-refractivity contribution in [3.05, 3.63) is 106 Å². The van der Waals surface area contributed by atoms with E-state index < -0.39 is 6.04 Å². The van der Waals surface area contributed by atoms with Crippen LogP contribution in [-0.2, 0) is 10.5 Å². The molecule has 2 N–H and O–H groups in total. The van der Waals surface area contributed by atoms with Gasteiger partial charge in [-0.2, -0.15) is 4.98 Å². The number of carbonyl (C=O) groups excluding carboxylic acids is 1. The summed E-state index contributed by atoms with van der Waals surface area (Å²) in [4.78, 5) is 19.7. The number of aryl methyl sites for hydroxylation is 2. The van der Waals surface area contributed by atoms with Gasteiger partial charge in [0.25, 0.3) is 5.91 Å². The fraction of sp³-hybridized carbons (Fsp3) is 0.207. The minimum atomic E-state index is -0.406. The fourth-order valence-electron chi connectivity index (χ4n) is 4.43. The largest absolute Gasteiger partial charge is 0.328 e. The molecule has 0 radical (unpaired) electrons. The normalized spacial score (nSPS) is 14.8. The third kappa shape index (κ3) is 5.45. The van der Waals surface area contributed by atoms with Crippen LogP contribution in [0.5, 0.6) is 0 Å². The lowest BCUT2D eigenvalue weighted by atomic mass is 9.95. The van der Waals surface area contributed by atoms with E-state index in [1.54, 1.807) is 23.5 Å². The van der Waals surface area contributed by atoms with Crippen LogP contribution in [0.15, 0.2) is 94.1 Å². The lowest BCUT2D eigenvalue weighted by Crippen LogP contribution is -2.31. The van der Waals surface area contributed by atoms with Crippen LogP contribution in [-0.4, -0.2) is 26.9 Å². The molecule has 3 aromatic carbocycles. The maximum atomic E-state index is 13.7. The molecule has 0 fully saturated rings. The second kappa shape index (κ2) is 10.9. The summed E-state index contributed by atoms with van der Waals surface area (Å²) in [5.41, 5.74) is 6.62. The SMILES string of the molecule is CSc1ccc(C2C(C(=O)Nc3ccccc3C)=C(C)Nc3nc(SCc4cccc(C)c4)nn32)cc1. The van der Waals surface area contributed by atoms with E-state index in [2.05, 4.69) is 72.3 Å². The number of anilines is 2. The van der Waals surface area contributed by atoms with Gasteiger partial charge in [-0.25, -0.2) is 4.68 Å². The van der Waals surface area contributed by atoms with Crippen LogP contribution >= 0.6 is 23.5 Å². The molecule has 0 aliphatic carbocycles. The highest BCUT2D eigenvalue weighted by Gasteiger charge is 2.34. The number of nitrogens with one attached hydrogen (secondary N) is 2. The van der Waals surface area contributed by atoms with Crippen molar-refractivity contribution in [1.82, 2.24) is 14.8 Å². The Labute approximate surface area is 226 Å². The van der Waals surface area contributed by atoms with Crippen LogP contribution in [0.25, 0.3) is 0 Å². The summed E-state index contributed by atoms with van der Waals surface area (Å²) in [5.74, 6) is 1.25. The van der Waals surface area contributed by atoms with Crippen molar-refractivity contribution >= 4 is 41.1 Å². The van der Waals surface area contributed by atoms with Crippen molar-refractivity contribution in [2.24, 2.45) is 0 Å². The van der Waals surface area contributed by atoms with Gasteiger partial charge in [-0.05, 0) is 61.9 Å². The van der Waals surface area contributed by atoms with Crippen molar-refractivity contribution in [2.45, 2.75) is 42.6 Å². The van der Waals surface area contributed by atoms with Gasteiger partial charge in [-0.1, -0.05) is 71.9 Å². The number of fused-ring (bicyclic) bond motifs is 1. The Morgan fingerprint density at radius 2 is 1.81 bits per heavy atom. The number of hydrogen-bond donors (Lipinski definition) is 2. The minimum Gasteiger partial charge on any atom is -0.328 e. The van der Waals surface area contributed by atoms with Crippen LogP contribution < -0.4 is 10.6 Å². The van der Waals surface area contributed by atoms with Crippen molar-refractivity contribution in [1.29, 1.82) is 0 Å². The highest BCUT2D eigenvalue weighted by molar-refractivity contribution is 7.98. The van der Waals surface area contributed by atoms with Gasteiger partial charge in [0.2, 0.25) is 11.1 Å². The highest BCUT2D eigenvalue weighted by Crippen LogP contribution is 2.37. The zero-order valence-corrected chi connectivity index (χ0v) is 22.9. The molecule has 8 heteroatoms. The van der Waals surface area contributed by atoms with Crippen LogP contribution in [0.2, 0.25) is 0 Å². The smallest absolute Gasteiger partial charge is 0.255 e. The summed E-state index contributed by atoms with van der Waals surface area (Å²) in [7, 11) is 0. The summed E-state index contributed by atoms with van der Waals surface area (Å²) in [6.45, 7) is 6.01. The van der Waals surface area contributed by atoms with Gasteiger partial charge >= 0.3 is 0 Å². The van der Waals surface area contributed by atoms with Crippen LogP contribution in [0.3, 0.4) is 0 Å². The summed E-state index contributed by atoms with van der Waals surface area (Å²) < 4.78 is 1.84. The molecule has 0 saturated heterocycles. The Hall–Kier alpha value is -3.49. The Bertz CT molecular complexity index is 1480. The number of carbonyl (C=O) groups is 1. The van der Waals surface area contributed by atoms with Gasteiger partial charge in [0, 0.05) is 22.0 Å². The maximum Gasteiger partial charge on any atom is 0.255 e. The van der Waals surface area contributed by atoms with Crippen LogP contribution in [0, 0.1) is 13.8 Å². The third-order valence-corrected chi connectivity index (χ3v) is 8.01. The summed E-state index contributed by atoms with van der Waals surface area (Å²) in [5, 5.41) is 12.0. The average Bonchev–Trinajstić information content (AvgIpc) is 3.30. The number of aromatic nitrogens is 3. The molecule has 0 saturated carbocycles. The molecule has 2 heterocycles. The van der Waals surface area contributed by atoms with Crippen molar-refractivity contribution in [3.8, 4) is 0 Å². The van der Waals surface area contributed by atoms with Crippen molar-refractivity contribution < 1.29 is 4.79 Å². The molecule has 1 aliphatic heterocycles. The molecule has 0 bridgehead atoms. The lowest BCUT2D eigenvalue weighted by Gasteiger charge is -2.29. The first-order valence-corrected chi connectivity index (χ1v) is 14.3. The number of thioether (sulfide) groups is 2. The lowest BCUT2D eigenvalue weighted by molar-refractivity contribution is -0.113. The Balaban J connectivity index is 1.50. The minimum absolute atomic E-state index is 0.159. The Morgan fingerprint density at radius 1 is 1.03 bits per heavy atom. The number of rotatable bonds is 7. The second-order valence-corrected chi connectivity index (χ2v) is 10.9. The molecule has 1 unspecified atom stereocenters. The first-order chi connectivity index (χ1) is 17.9. The molecule has 1 aliphatic rings. The van der Waals surface area contributed by atoms with Gasteiger partial charge in [0.05, 0.1) is 5.57 Å². The van der Waals surface area contributed by atoms with Crippen molar-refractivity contribution in [3.63, 3.8) is 0 Å². The van der Waals surface area contributed by atoms with E-state index in [9.17, 15) is 4.79 Å². The fourth-order valence-corrected chi connectivity index (χ4v) is 5.61. The predicted molar refractivity (Wildman–Crippen MR) is 153 cm³/mol. The number of hydrogen-bond acceptors (Lipinski definition) is 6. The van der Waals surface area contributed by atoms with Crippen LogP contribution in [0.1, 0.15) is 35.2 Å². The number of benzene rings is 3.